The molecule has 1 saturated heterocycles. The summed E-state index contributed by atoms with van der Waals surface area (Å²) in [6, 6.07) is 17.3. The van der Waals surface area contributed by atoms with Crippen molar-refractivity contribution in [2.24, 2.45) is 5.92 Å². The standard InChI is InChI=1S/C21H21BrN4O2/c22-17-8-4-6-15(12-17)21-25-24-19(28-21)14-26-11-5-7-16(13-26)20(27)23-18-9-2-1-3-10-18/h1-4,6,8-10,12,16H,5,7,11,13-14H2,(H,23,27). The van der Waals surface area contributed by atoms with Crippen molar-refractivity contribution in [3.63, 3.8) is 0 Å². The smallest absolute Gasteiger partial charge is 0.247 e. The average Bonchev–Trinajstić information content (AvgIpc) is 3.17. The molecule has 1 aliphatic rings. The number of hydrogen-bond acceptors (Lipinski definition) is 5. The molecule has 3 aromatic rings. The highest BCUT2D eigenvalue weighted by Gasteiger charge is 2.27. The molecule has 1 fully saturated rings. The molecule has 2 aromatic carbocycles. The predicted molar refractivity (Wildman–Crippen MR) is 111 cm³/mol. The van der Waals surface area contributed by atoms with E-state index in [1.807, 2.05) is 54.6 Å². The number of nitrogens with zero attached hydrogens (tertiary/aromatic N) is 3. The lowest BCUT2D eigenvalue weighted by molar-refractivity contribution is -0.121. The molecule has 1 atom stereocenters. The summed E-state index contributed by atoms with van der Waals surface area (Å²) in [5.74, 6) is 1.10. The van der Waals surface area contributed by atoms with Gasteiger partial charge in [0.25, 0.3) is 0 Å². The second kappa shape index (κ2) is 8.67. The van der Waals surface area contributed by atoms with Gasteiger partial charge in [-0.3, -0.25) is 9.69 Å². The normalized spacial score (nSPS) is 17.4. The number of halogens is 1. The number of anilines is 1. The van der Waals surface area contributed by atoms with E-state index in [9.17, 15) is 4.79 Å². The first-order valence-corrected chi connectivity index (χ1v) is 10.1. The Morgan fingerprint density at radius 1 is 1.18 bits per heavy atom. The third-order valence-corrected chi connectivity index (χ3v) is 5.31. The fraction of sp³-hybridized carbons (Fsp3) is 0.286. The van der Waals surface area contributed by atoms with E-state index in [0.717, 1.165) is 35.1 Å². The number of rotatable bonds is 5. The Hall–Kier alpha value is -2.51. The van der Waals surface area contributed by atoms with E-state index in [1.54, 1.807) is 0 Å². The lowest BCUT2D eigenvalue weighted by Crippen LogP contribution is -2.40. The number of piperidine rings is 1. The van der Waals surface area contributed by atoms with Crippen LogP contribution in [0.1, 0.15) is 18.7 Å². The lowest BCUT2D eigenvalue weighted by atomic mass is 9.97. The van der Waals surface area contributed by atoms with Gasteiger partial charge in [-0.2, -0.15) is 0 Å². The molecule has 6 nitrogen and oxygen atoms in total. The van der Waals surface area contributed by atoms with E-state index >= 15 is 0 Å². The van der Waals surface area contributed by atoms with E-state index in [-0.39, 0.29) is 11.8 Å². The SMILES string of the molecule is O=C(Nc1ccccc1)C1CCCN(Cc2nnc(-c3cccc(Br)c3)o2)C1. The molecule has 2 heterocycles. The Morgan fingerprint density at radius 3 is 2.86 bits per heavy atom. The summed E-state index contributed by atoms with van der Waals surface area (Å²) < 4.78 is 6.80. The number of likely N-dealkylation sites (tertiary alicyclic amines) is 1. The van der Waals surface area contributed by atoms with Crippen LogP contribution < -0.4 is 5.32 Å². The monoisotopic (exact) mass is 440 g/mol. The Labute approximate surface area is 172 Å². The molecule has 4 rings (SSSR count). The van der Waals surface area contributed by atoms with Gasteiger partial charge in [0.05, 0.1) is 12.5 Å². The number of amides is 1. The quantitative estimate of drug-likeness (QED) is 0.638. The highest BCUT2D eigenvalue weighted by Crippen LogP contribution is 2.24. The maximum absolute atomic E-state index is 12.6. The number of carbonyl (C=O) groups excluding carboxylic acids is 1. The Balaban J connectivity index is 1.37. The summed E-state index contributed by atoms with van der Waals surface area (Å²) in [5.41, 5.74) is 1.71. The predicted octanol–water partition coefficient (Wildman–Crippen LogP) is 4.35. The third-order valence-electron chi connectivity index (χ3n) is 4.81. The molecule has 28 heavy (non-hydrogen) atoms. The van der Waals surface area contributed by atoms with Crippen molar-refractivity contribution >= 4 is 27.5 Å². The van der Waals surface area contributed by atoms with Gasteiger partial charge in [0.1, 0.15) is 0 Å². The van der Waals surface area contributed by atoms with Crippen molar-refractivity contribution in [3.05, 3.63) is 65.0 Å². The molecule has 1 amide bonds. The summed E-state index contributed by atoms with van der Waals surface area (Å²) in [5, 5.41) is 11.3. The fourth-order valence-electron chi connectivity index (χ4n) is 3.43. The minimum absolute atomic E-state index is 0.0403. The highest BCUT2D eigenvalue weighted by molar-refractivity contribution is 9.10. The molecular weight excluding hydrogens is 420 g/mol. The van der Waals surface area contributed by atoms with Gasteiger partial charge < -0.3 is 9.73 Å². The zero-order chi connectivity index (χ0) is 19.3. The van der Waals surface area contributed by atoms with Gasteiger partial charge in [0.2, 0.25) is 17.7 Å². The van der Waals surface area contributed by atoms with Crippen LogP contribution in [0, 0.1) is 5.92 Å². The van der Waals surface area contributed by atoms with Gasteiger partial charge in [-0.25, -0.2) is 0 Å². The van der Waals surface area contributed by atoms with Crippen LogP contribution in [-0.2, 0) is 11.3 Å². The largest absolute Gasteiger partial charge is 0.419 e. The van der Waals surface area contributed by atoms with Crippen LogP contribution in [0.3, 0.4) is 0 Å². The van der Waals surface area contributed by atoms with Crippen LogP contribution in [0.4, 0.5) is 5.69 Å². The molecule has 1 N–H and O–H groups in total. The molecule has 0 aliphatic carbocycles. The first kappa shape index (κ1) is 18.8. The zero-order valence-corrected chi connectivity index (χ0v) is 16.9. The number of carbonyl (C=O) groups is 1. The number of hydrogen-bond donors (Lipinski definition) is 1. The van der Waals surface area contributed by atoms with Crippen molar-refractivity contribution in [1.82, 2.24) is 15.1 Å². The summed E-state index contributed by atoms with van der Waals surface area (Å²) >= 11 is 3.45. The summed E-state index contributed by atoms with van der Waals surface area (Å²) in [6.45, 7) is 2.16. The Morgan fingerprint density at radius 2 is 2.04 bits per heavy atom. The second-order valence-electron chi connectivity index (χ2n) is 6.94. The van der Waals surface area contributed by atoms with Crippen molar-refractivity contribution in [1.29, 1.82) is 0 Å². The Kier molecular flexibility index (Phi) is 5.83. The molecule has 1 aromatic heterocycles. The van der Waals surface area contributed by atoms with Crippen molar-refractivity contribution in [2.75, 3.05) is 18.4 Å². The first-order valence-electron chi connectivity index (χ1n) is 9.34. The van der Waals surface area contributed by atoms with Crippen molar-refractivity contribution < 1.29 is 9.21 Å². The van der Waals surface area contributed by atoms with Crippen LogP contribution in [0.25, 0.3) is 11.5 Å². The summed E-state index contributed by atoms with van der Waals surface area (Å²) in [4.78, 5) is 14.8. The van der Waals surface area contributed by atoms with Crippen molar-refractivity contribution in [2.45, 2.75) is 19.4 Å². The number of aromatic nitrogens is 2. The van der Waals surface area contributed by atoms with Crippen LogP contribution in [0.2, 0.25) is 0 Å². The van der Waals surface area contributed by atoms with Gasteiger partial charge in [-0.15, -0.1) is 10.2 Å². The molecule has 0 radical (unpaired) electrons. The molecule has 0 bridgehead atoms. The van der Waals surface area contributed by atoms with Crippen LogP contribution in [0.5, 0.6) is 0 Å². The molecule has 1 unspecified atom stereocenters. The summed E-state index contributed by atoms with van der Waals surface area (Å²) in [7, 11) is 0. The van der Waals surface area contributed by atoms with E-state index in [0.29, 0.717) is 24.9 Å². The third kappa shape index (κ3) is 4.66. The highest BCUT2D eigenvalue weighted by atomic mass is 79.9. The van der Waals surface area contributed by atoms with Crippen LogP contribution in [0.15, 0.2) is 63.5 Å². The van der Waals surface area contributed by atoms with E-state index in [2.05, 4.69) is 36.3 Å². The van der Waals surface area contributed by atoms with E-state index in [4.69, 9.17) is 4.42 Å². The van der Waals surface area contributed by atoms with E-state index < -0.39 is 0 Å². The fourth-order valence-corrected chi connectivity index (χ4v) is 3.83. The molecule has 7 heteroatoms. The van der Waals surface area contributed by atoms with Gasteiger partial charge in [-0.05, 0) is 49.7 Å². The number of benzene rings is 2. The van der Waals surface area contributed by atoms with Gasteiger partial charge in [0, 0.05) is 22.3 Å². The minimum atomic E-state index is -0.0403. The molecule has 0 spiro atoms. The second-order valence-corrected chi connectivity index (χ2v) is 7.86. The average molecular weight is 441 g/mol. The van der Waals surface area contributed by atoms with Crippen LogP contribution >= 0.6 is 15.9 Å². The minimum Gasteiger partial charge on any atom is -0.419 e. The first-order chi connectivity index (χ1) is 13.7. The number of nitrogens with one attached hydrogen (secondary N) is 1. The number of para-hydroxylation sites is 1. The lowest BCUT2D eigenvalue weighted by Gasteiger charge is -2.30. The topological polar surface area (TPSA) is 71.3 Å². The zero-order valence-electron chi connectivity index (χ0n) is 15.3. The van der Waals surface area contributed by atoms with Gasteiger partial charge >= 0.3 is 0 Å². The van der Waals surface area contributed by atoms with Crippen LogP contribution in [-0.4, -0.2) is 34.1 Å². The van der Waals surface area contributed by atoms with Gasteiger partial charge in [-0.1, -0.05) is 40.2 Å². The molecule has 0 saturated carbocycles. The molecular formula is C21H21BrN4O2. The maximum Gasteiger partial charge on any atom is 0.247 e. The van der Waals surface area contributed by atoms with Crippen molar-refractivity contribution in [3.8, 4) is 11.5 Å². The maximum atomic E-state index is 12.6. The van der Waals surface area contributed by atoms with E-state index in [1.165, 1.54) is 0 Å². The Bertz CT molecular complexity index is 944. The molecule has 144 valence electrons. The summed E-state index contributed by atoms with van der Waals surface area (Å²) in [6.07, 6.45) is 1.86. The van der Waals surface area contributed by atoms with Gasteiger partial charge in [0.15, 0.2) is 0 Å². The molecule has 1 aliphatic heterocycles.